The van der Waals surface area contributed by atoms with Crippen molar-refractivity contribution in [1.82, 2.24) is 4.90 Å². The van der Waals surface area contributed by atoms with Crippen molar-refractivity contribution in [2.75, 3.05) is 29.5 Å². The van der Waals surface area contributed by atoms with E-state index in [1.165, 1.54) is 0 Å². The zero-order valence-corrected chi connectivity index (χ0v) is 16.7. The Morgan fingerprint density at radius 3 is 2.54 bits per heavy atom. The zero-order chi connectivity index (χ0) is 20.4. The third kappa shape index (κ3) is 3.58. The van der Waals surface area contributed by atoms with E-state index in [4.69, 9.17) is 5.73 Å². The highest BCUT2D eigenvalue weighted by Gasteiger charge is 2.26. The molecular weight excluding hydrogens is 352 g/mol. The van der Waals surface area contributed by atoms with E-state index in [9.17, 15) is 9.59 Å². The van der Waals surface area contributed by atoms with Gasteiger partial charge in [-0.25, -0.2) is 0 Å². The van der Waals surface area contributed by atoms with Gasteiger partial charge in [-0.2, -0.15) is 0 Å². The lowest BCUT2D eigenvalue weighted by Crippen LogP contribution is -2.31. The number of nitrogens with two attached hydrogens (primary N) is 1. The van der Waals surface area contributed by atoms with Crippen LogP contribution in [0.3, 0.4) is 0 Å². The van der Waals surface area contributed by atoms with E-state index in [2.05, 4.69) is 10.6 Å². The Bertz CT molecular complexity index is 974. The first-order valence-electron chi connectivity index (χ1n) is 9.44. The molecule has 0 unspecified atom stereocenters. The number of nitrogens with zero attached hydrogens (tertiary/aromatic N) is 1. The molecule has 6 nitrogen and oxygen atoms in total. The van der Waals surface area contributed by atoms with E-state index >= 15 is 0 Å². The molecule has 1 aliphatic heterocycles. The van der Waals surface area contributed by atoms with Crippen molar-refractivity contribution >= 4 is 34.4 Å². The molecule has 0 aromatic heterocycles. The molecule has 2 amide bonds. The summed E-state index contributed by atoms with van der Waals surface area (Å²) in [5, 5.41) is 6.14. The first kappa shape index (κ1) is 19.5. The minimum atomic E-state index is -0.169. The van der Waals surface area contributed by atoms with Crippen LogP contribution >= 0.6 is 0 Å². The standard InChI is InChI=1S/C22H26N4O2/c1-5-26(6-2)22(28)17-12-16(9-7-13(17)3)24-14(4)20-18-11-15(23)8-10-19(18)25-21(20)27/h7-12,24H,5-6,23H2,1-4H3,(H,25,27)/b20-14-. The average Bonchev–Trinajstić information content (AvgIpc) is 2.99. The second kappa shape index (κ2) is 7.76. The molecule has 0 saturated heterocycles. The molecule has 28 heavy (non-hydrogen) atoms. The molecule has 2 aromatic rings. The van der Waals surface area contributed by atoms with Gasteiger partial charge < -0.3 is 21.3 Å². The van der Waals surface area contributed by atoms with Gasteiger partial charge in [0.1, 0.15) is 0 Å². The number of rotatable bonds is 5. The van der Waals surface area contributed by atoms with Gasteiger partial charge >= 0.3 is 0 Å². The molecule has 0 fully saturated rings. The summed E-state index contributed by atoms with van der Waals surface area (Å²) in [5.41, 5.74) is 11.6. The van der Waals surface area contributed by atoms with Crippen LogP contribution in [0, 0.1) is 6.92 Å². The molecule has 0 aliphatic carbocycles. The number of hydrogen-bond donors (Lipinski definition) is 3. The third-order valence-electron chi connectivity index (χ3n) is 5.01. The van der Waals surface area contributed by atoms with Crippen LogP contribution in [0.4, 0.5) is 17.1 Å². The Labute approximate surface area is 165 Å². The van der Waals surface area contributed by atoms with Gasteiger partial charge in [-0.3, -0.25) is 9.59 Å². The molecular formula is C22H26N4O2. The molecule has 6 heteroatoms. The monoisotopic (exact) mass is 378 g/mol. The van der Waals surface area contributed by atoms with E-state index < -0.39 is 0 Å². The number of hydrogen-bond acceptors (Lipinski definition) is 4. The van der Waals surface area contributed by atoms with Crippen LogP contribution in [0.15, 0.2) is 42.1 Å². The Morgan fingerprint density at radius 1 is 1.14 bits per heavy atom. The summed E-state index contributed by atoms with van der Waals surface area (Å²) in [6.07, 6.45) is 0. The van der Waals surface area contributed by atoms with Crippen molar-refractivity contribution in [2.24, 2.45) is 0 Å². The summed E-state index contributed by atoms with van der Waals surface area (Å²) in [6.45, 7) is 9.03. The van der Waals surface area contributed by atoms with Gasteiger partial charge in [0.25, 0.3) is 11.8 Å². The van der Waals surface area contributed by atoms with Crippen molar-refractivity contribution in [3.8, 4) is 0 Å². The van der Waals surface area contributed by atoms with Crippen LogP contribution < -0.4 is 16.4 Å². The molecule has 4 N–H and O–H groups in total. The fourth-order valence-corrected chi connectivity index (χ4v) is 3.45. The maximum absolute atomic E-state index is 12.8. The first-order valence-corrected chi connectivity index (χ1v) is 9.44. The maximum Gasteiger partial charge on any atom is 0.258 e. The van der Waals surface area contributed by atoms with Crippen molar-refractivity contribution in [1.29, 1.82) is 0 Å². The third-order valence-corrected chi connectivity index (χ3v) is 5.01. The van der Waals surface area contributed by atoms with Crippen LogP contribution in [-0.2, 0) is 4.79 Å². The number of anilines is 3. The number of nitrogens with one attached hydrogen (secondary N) is 2. The smallest absolute Gasteiger partial charge is 0.258 e. The SMILES string of the molecule is CCN(CC)C(=O)c1cc(N/C(C)=C2\C(=O)Nc3ccc(N)cc32)ccc1C. The minimum Gasteiger partial charge on any atom is -0.399 e. The zero-order valence-electron chi connectivity index (χ0n) is 16.7. The summed E-state index contributed by atoms with van der Waals surface area (Å²) in [6, 6.07) is 11.0. The minimum absolute atomic E-state index is 0.00758. The Morgan fingerprint density at radius 2 is 1.86 bits per heavy atom. The topological polar surface area (TPSA) is 87.5 Å². The van der Waals surface area contributed by atoms with E-state index in [0.29, 0.717) is 35.6 Å². The summed E-state index contributed by atoms with van der Waals surface area (Å²) in [7, 11) is 0. The van der Waals surface area contributed by atoms with E-state index in [1.54, 1.807) is 23.1 Å². The van der Waals surface area contributed by atoms with E-state index in [-0.39, 0.29) is 11.8 Å². The van der Waals surface area contributed by atoms with Gasteiger partial charge in [-0.1, -0.05) is 6.07 Å². The number of carbonyl (C=O) groups excluding carboxylic acids is 2. The molecule has 0 radical (unpaired) electrons. The number of allylic oxidation sites excluding steroid dienone is 1. The highest BCUT2D eigenvalue weighted by Crippen LogP contribution is 2.35. The Kier molecular flexibility index (Phi) is 5.40. The highest BCUT2D eigenvalue weighted by atomic mass is 16.2. The van der Waals surface area contributed by atoms with Crippen molar-refractivity contribution in [3.05, 3.63) is 58.8 Å². The summed E-state index contributed by atoms with van der Waals surface area (Å²) < 4.78 is 0. The normalized spacial score (nSPS) is 14.4. The van der Waals surface area contributed by atoms with Crippen LogP contribution in [0.2, 0.25) is 0 Å². The second-order valence-corrected chi connectivity index (χ2v) is 6.89. The summed E-state index contributed by atoms with van der Waals surface area (Å²) in [5.74, 6) is -0.162. The maximum atomic E-state index is 12.8. The lowest BCUT2D eigenvalue weighted by Gasteiger charge is -2.20. The van der Waals surface area contributed by atoms with Gasteiger partial charge in [-0.15, -0.1) is 0 Å². The quantitative estimate of drug-likeness (QED) is 0.545. The van der Waals surface area contributed by atoms with E-state index in [0.717, 1.165) is 22.5 Å². The van der Waals surface area contributed by atoms with Crippen molar-refractivity contribution in [2.45, 2.75) is 27.7 Å². The van der Waals surface area contributed by atoms with Gasteiger partial charge in [0.2, 0.25) is 0 Å². The molecule has 0 atom stereocenters. The number of carbonyl (C=O) groups is 2. The number of aryl methyl sites for hydroxylation is 1. The Balaban J connectivity index is 1.96. The number of nitrogen functional groups attached to an aromatic ring is 1. The molecule has 0 bridgehead atoms. The number of fused-ring (bicyclic) bond motifs is 1. The van der Waals surface area contributed by atoms with Crippen LogP contribution in [-0.4, -0.2) is 29.8 Å². The lowest BCUT2D eigenvalue weighted by atomic mass is 10.0. The van der Waals surface area contributed by atoms with Gasteiger partial charge in [0, 0.05) is 47.0 Å². The molecule has 0 saturated carbocycles. The molecule has 2 aromatic carbocycles. The summed E-state index contributed by atoms with van der Waals surface area (Å²) >= 11 is 0. The summed E-state index contributed by atoms with van der Waals surface area (Å²) in [4.78, 5) is 27.0. The van der Waals surface area contributed by atoms with E-state index in [1.807, 2.05) is 45.9 Å². The predicted octanol–water partition coefficient (Wildman–Crippen LogP) is 3.85. The van der Waals surface area contributed by atoms with Gasteiger partial charge in [0.15, 0.2) is 0 Å². The average molecular weight is 378 g/mol. The molecule has 1 aliphatic rings. The first-order chi connectivity index (χ1) is 13.3. The molecule has 1 heterocycles. The van der Waals surface area contributed by atoms with Crippen LogP contribution in [0.5, 0.6) is 0 Å². The molecule has 0 spiro atoms. The number of amides is 2. The lowest BCUT2D eigenvalue weighted by molar-refractivity contribution is -0.110. The van der Waals surface area contributed by atoms with Crippen molar-refractivity contribution in [3.63, 3.8) is 0 Å². The van der Waals surface area contributed by atoms with Crippen molar-refractivity contribution < 1.29 is 9.59 Å². The van der Waals surface area contributed by atoms with Crippen LogP contribution in [0.25, 0.3) is 5.57 Å². The number of benzene rings is 2. The Hall–Kier alpha value is -3.28. The highest BCUT2D eigenvalue weighted by molar-refractivity contribution is 6.32. The van der Waals surface area contributed by atoms with Crippen LogP contribution in [0.1, 0.15) is 42.3 Å². The van der Waals surface area contributed by atoms with Gasteiger partial charge in [0.05, 0.1) is 5.57 Å². The predicted molar refractivity (Wildman–Crippen MR) is 114 cm³/mol. The molecule has 3 rings (SSSR count). The molecule has 146 valence electrons. The fourth-order valence-electron chi connectivity index (χ4n) is 3.45. The second-order valence-electron chi connectivity index (χ2n) is 6.89. The fraction of sp³-hybridized carbons (Fsp3) is 0.273. The van der Waals surface area contributed by atoms with Gasteiger partial charge in [-0.05, 0) is 63.6 Å². The largest absolute Gasteiger partial charge is 0.399 e.